The molecule has 2 aromatic carbocycles. The first-order chi connectivity index (χ1) is 14.5. The molecule has 3 rings (SSSR count). The van der Waals surface area contributed by atoms with Crippen LogP contribution in [-0.2, 0) is 6.42 Å². The van der Waals surface area contributed by atoms with E-state index in [1.54, 1.807) is 12.1 Å². The Hall–Kier alpha value is -3.20. The van der Waals surface area contributed by atoms with E-state index in [-0.39, 0.29) is 12.3 Å². The maximum atomic E-state index is 12.2. The fourth-order valence-electron chi connectivity index (χ4n) is 2.92. The number of ether oxygens (including phenoxy) is 1. The molecule has 0 amide bonds. The molecular formula is C21H25F2N5O2. The zero-order chi connectivity index (χ0) is 21.3. The lowest BCUT2D eigenvalue weighted by molar-refractivity contribution is -0.0498. The molecule has 9 heteroatoms. The highest BCUT2D eigenvalue weighted by Gasteiger charge is 2.10. The average molecular weight is 417 g/mol. The molecule has 7 nitrogen and oxygen atoms in total. The molecule has 4 N–H and O–H groups in total. The third-order valence-corrected chi connectivity index (χ3v) is 4.35. The number of aliphatic hydroxyl groups is 1. The number of aromatic nitrogens is 2. The Kier molecular flexibility index (Phi) is 7.56. The molecule has 1 atom stereocenters. The van der Waals surface area contributed by atoms with Crippen molar-refractivity contribution in [1.29, 1.82) is 0 Å². The molecule has 3 aromatic rings. The number of aliphatic imine (C=N–C) groups is 1. The van der Waals surface area contributed by atoms with Crippen molar-refractivity contribution in [1.82, 2.24) is 20.6 Å². The van der Waals surface area contributed by atoms with Crippen molar-refractivity contribution in [2.75, 3.05) is 19.6 Å². The van der Waals surface area contributed by atoms with Crippen LogP contribution in [0.4, 0.5) is 8.78 Å². The Balaban J connectivity index is 1.52. The van der Waals surface area contributed by atoms with Gasteiger partial charge in [-0.05, 0) is 36.8 Å². The highest BCUT2D eigenvalue weighted by molar-refractivity contribution is 5.79. The van der Waals surface area contributed by atoms with Crippen LogP contribution in [0.5, 0.6) is 5.75 Å². The van der Waals surface area contributed by atoms with Crippen LogP contribution < -0.4 is 15.4 Å². The number of hydrogen-bond acceptors (Lipinski definition) is 4. The van der Waals surface area contributed by atoms with E-state index in [9.17, 15) is 13.9 Å². The number of guanidine groups is 1. The molecule has 0 aliphatic carbocycles. The van der Waals surface area contributed by atoms with Crippen LogP contribution in [0.2, 0.25) is 0 Å². The molecule has 0 spiro atoms. The first-order valence-electron chi connectivity index (χ1n) is 9.73. The fourth-order valence-corrected chi connectivity index (χ4v) is 2.92. The molecule has 0 aliphatic heterocycles. The number of para-hydroxylation sites is 2. The number of alkyl halides is 2. The molecule has 1 aromatic heterocycles. The van der Waals surface area contributed by atoms with Gasteiger partial charge in [-0.2, -0.15) is 8.78 Å². The van der Waals surface area contributed by atoms with Gasteiger partial charge in [0.2, 0.25) is 0 Å². The molecule has 0 bridgehead atoms. The average Bonchev–Trinajstić information content (AvgIpc) is 3.14. The highest BCUT2D eigenvalue weighted by atomic mass is 19.3. The number of fused-ring (bicyclic) bond motifs is 1. The molecule has 0 aliphatic rings. The van der Waals surface area contributed by atoms with Gasteiger partial charge < -0.3 is 25.5 Å². The number of aromatic amines is 1. The molecule has 1 heterocycles. The number of nitrogens with one attached hydrogen (secondary N) is 3. The van der Waals surface area contributed by atoms with Crippen LogP contribution in [0.25, 0.3) is 11.0 Å². The van der Waals surface area contributed by atoms with Gasteiger partial charge in [0, 0.05) is 19.5 Å². The van der Waals surface area contributed by atoms with E-state index in [4.69, 9.17) is 0 Å². The van der Waals surface area contributed by atoms with Gasteiger partial charge in [0.1, 0.15) is 11.6 Å². The van der Waals surface area contributed by atoms with Gasteiger partial charge in [-0.15, -0.1) is 0 Å². The summed E-state index contributed by atoms with van der Waals surface area (Å²) in [4.78, 5) is 12.2. The van der Waals surface area contributed by atoms with E-state index in [0.29, 0.717) is 31.0 Å². The van der Waals surface area contributed by atoms with Gasteiger partial charge >= 0.3 is 6.61 Å². The molecular weight excluding hydrogens is 392 g/mol. The van der Waals surface area contributed by atoms with Gasteiger partial charge in [-0.25, -0.2) is 4.98 Å². The Morgan fingerprint density at radius 1 is 1.17 bits per heavy atom. The number of halogens is 2. The van der Waals surface area contributed by atoms with Crippen molar-refractivity contribution in [2.24, 2.45) is 4.99 Å². The van der Waals surface area contributed by atoms with Crippen LogP contribution in [0.15, 0.2) is 53.5 Å². The number of aliphatic hydroxyl groups excluding tert-OH is 1. The number of rotatable bonds is 9. The Labute approximate surface area is 173 Å². The minimum atomic E-state index is -2.88. The minimum absolute atomic E-state index is 0.0463. The largest absolute Gasteiger partial charge is 0.435 e. The molecule has 0 radical (unpaired) electrons. The summed E-state index contributed by atoms with van der Waals surface area (Å²) in [5, 5.41) is 16.7. The van der Waals surface area contributed by atoms with Gasteiger partial charge in [0.05, 0.1) is 23.7 Å². The smallest absolute Gasteiger partial charge is 0.387 e. The summed E-state index contributed by atoms with van der Waals surface area (Å²) in [6.45, 7) is 0.482. The lowest BCUT2D eigenvalue weighted by atomic mass is 10.1. The fraction of sp³-hybridized carbons (Fsp3) is 0.333. The van der Waals surface area contributed by atoms with Crippen molar-refractivity contribution in [3.8, 4) is 5.75 Å². The Morgan fingerprint density at radius 2 is 1.93 bits per heavy atom. The summed E-state index contributed by atoms with van der Waals surface area (Å²) in [6, 6.07) is 13.7. The van der Waals surface area contributed by atoms with Crippen molar-refractivity contribution >= 4 is 17.0 Å². The van der Waals surface area contributed by atoms with Gasteiger partial charge in [-0.3, -0.25) is 4.99 Å². The van der Waals surface area contributed by atoms with E-state index in [1.807, 2.05) is 31.2 Å². The monoisotopic (exact) mass is 417 g/mol. The number of hydrogen-bond donors (Lipinski definition) is 4. The number of H-pyrrole nitrogens is 1. The number of nitrogens with zero attached hydrogens (tertiary/aromatic N) is 2. The SMILES string of the molecule is CCNC(=NCC(O)c1ccc(OC(F)F)cc1)NCCc1nc2ccccc2[nH]1. The normalized spacial score (nSPS) is 12.9. The molecule has 1 unspecified atom stereocenters. The van der Waals surface area contributed by atoms with Crippen molar-refractivity contribution in [3.05, 3.63) is 59.9 Å². The molecule has 0 fully saturated rings. The number of benzene rings is 2. The van der Waals surface area contributed by atoms with Gasteiger partial charge in [-0.1, -0.05) is 24.3 Å². The second-order valence-electron chi connectivity index (χ2n) is 6.56. The van der Waals surface area contributed by atoms with Crippen LogP contribution in [0.1, 0.15) is 24.4 Å². The van der Waals surface area contributed by atoms with Crippen LogP contribution in [0, 0.1) is 0 Å². The molecule has 30 heavy (non-hydrogen) atoms. The first-order valence-corrected chi connectivity index (χ1v) is 9.73. The third-order valence-electron chi connectivity index (χ3n) is 4.35. The topological polar surface area (TPSA) is 94.6 Å². The predicted molar refractivity (Wildman–Crippen MR) is 112 cm³/mol. The quantitative estimate of drug-likeness (QED) is 0.317. The highest BCUT2D eigenvalue weighted by Crippen LogP contribution is 2.19. The summed E-state index contributed by atoms with van der Waals surface area (Å²) in [5.41, 5.74) is 2.50. The maximum absolute atomic E-state index is 12.2. The first kappa shape index (κ1) is 21.5. The van der Waals surface area contributed by atoms with E-state index in [0.717, 1.165) is 16.9 Å². The van der Waals surface area contributed by atoms with E-state index in [1.165, 1.54) is 12.1 Å². The second kappa shape index (κ2) is 10.5. The standard InChI is InChI=1S/C21H25F2N5O2/c1-2-24-21(25-12-11-19-27-16-5-3-4-6-17(16)28-19)26-13-18(29)14-7-9-15(10-8-14)30-20(22)23/h3-10,18,20,29H,2,11-13H2,1H3,(H,27,28)(H2,24,25,26). The van der Waals surface area contributed by atoms with E-state index in [2.05, 4.69) is 30.3 Å². The van der Waals surface area contributed by atoms with Gasteiger partial charge in [0.15, 0.2) is 5.96 Å². The summed E-state index contributed by atoms with van der Waals surface area (Å²) < 4.78 is 28.7. The lowest BCUT2D eigenvalue weighted by Gasteiger charge is -2.13. The van der Waals surface area contributed by atoms with Crippen molar-refractivity contribution in [3.63, 3.8) is 0 Å². The third kappa shape index (κ3) is 6.15. The zero-order valence-corrected chi connectivity index (χ0v) is 16.6. The summed E-state index contributed by atoms with van der Waals surface area (Å²) in [7, 11) is 0. The molecule has 0 saturated carbocycles. The van der Waals surface area contributed by atoms with Crippen LogP contribution in [0.3, 0.4) is 0 Å². The van der Waals surface area contributed by atoms with E-state index < -0.39 is 12.7 Å². The predicted octanol–water partition coefficient (Wildman–Crippen LogP) is 3.00. The Bertz CT molecular complexity index is 926. The minimum Gasteiger partial charge on any atom is -0.435 e. The zero-order valence-electron chi connectivity index (χ0n) is 16.6. The lowest BCUT2D eigenvalue weighted by Crippen LogP contribution is -2.38. The van der Waals surface area contributed by atoms with Crippen LogP contribution in [-0.4, -0.2) is 47.3 Å². The summed E-state index contributed by atoms with van der Waals surface area (Å²) in [6.07, 6.45) is -0.177. The summed E-state index contributed by atoms with van der Waals surface area (Å²) in [5.74, 6) is 1.50. The number of imidazole rings is 1. The van der Waals surface area contributed by atoms with E-state index >= 15 is 0 Å². The maximum Gasteiger partial charge on any atom is 0.387 e. The molecule has 0 saturated heterocycles. The van der Waals surface area contributed by atoms with Crippen LogP contribution >= 0.6 is 0 Å². The van der Waals surface area contributed by atoms with Crippen molar-refractivity contribution in [2.45, 2.75) is 26.1 Å². The van der Waals surface area contributed by atoms with Crippen molar-refractivity contribution < 1.29 is 18.6 Å². The summed E-state index contributed by atoms with van der Waals surface area (Å²) >= 11 is 0. The second-order valence-corrected chi connectivity index (χ2v) is 6.56. The Morgan fingerprint density at radius 3 is 2.63 bits per heavy atom. The van der Waals surface area contributed by atoms with Gasteiger partial charge in [0.25, 0.3) is 0 Å². The molecule has 160 valence electrons.